The van der Waals surface area contributed by atoms with Crippen molar-refractivity contribution in [2.45, 2.75) is 39.2 Å². The van der Waals surface area contributed by atoms with Crippen LogP contribution in [0.25, 0.3) is 0 Å². The highest BCUT2D eigenvalue weighted by molar-refractivity contribution is 5.69. The molecule has 0 aliphatic carbocycles. The Labute approximate surface area is 125 Å². The molecule has 0 aliphatic rings. The summed E-state index contributed by atoms with van der Waals surface area (Å²) in [5.41, 5.74) is 2.26. The second kappa shape index (κ2) is 7.22. The van der Waals surface area contributed by atoms with Crippen molar-refractivity contribution in [1.29, 1.82) is 0 Å². The summed E-state index contributed by atoms with van der Waals surface area (Å²) < 4.78 is 0. The van der Waals surface area contributed by atoms with Gasteiger partial charge in [-0.15, -0.1) is 0 Å². The molecular weight excluding hydrogens is 270 g/mol. The summed E-state index contributed by atoms with van der Waals surface area (Å²) in [6, 6.07) is 8.00. The lowest BCUT2D eigenvalue weighted by molar-refractivity contribution is -0.141. The first-order chi connectivity index (χ1) is 9.68. The SMILES string of the molecule is CC(C)(C)c1ccc(CN(CCC(=O)O)CC(=O)O)cc1. The average Bonchev–Trinajstić information content (AvgIpc) is 2.35. The fraction of sp³-hybridized carbons (Fsp3) is 0.500. The zero-order valence-corrected chi connectivity index (χ0v) is 12.8. The van der Waals surface area contributed by atoms with E-state index in [1.54, 1.807) is 4.90 Å². The molecule has 0 atom stereocenters. The molecule has 1 rings (SSSR count). The van der Waals surface area contributed by atoms with Gasteiger partial charge >= 0.3 is 11.9 Å². The van der Waals surface area contributed by atoms with Crippen molar-refractivity contribution < 1.29 is 19.8 Å². The number of carboxylic acids is 2. The molecule has 0 spiro atoms. The van der Waals surface area contributed by atoms with Crippen molar-refractivity contribution in [2.75, 3.05) is 13.1 Å². The summed E-state index contributed by atoms with van der Waals surface area (Å²) in [6.45, 7) is 6.89. The van der Waals surface area contributed by atoms with Gasteiger partial charge in [-0.3, -0.25) is 14.5 Å². The van der Waals surface area contributed by atoms with Gasteiger partial charge in [-0.2, -0.15) is 0 Å². The highest BCUT2D eigenvalue weighted by Gasteiger charge is 2.15. The Hall–Kier alpha value is -1.88. The lowest BCUT2D eigenvalue weighted by atomic mass is 9.87. The molecule has 116 valence electrons. The minimum atomic E-state index is -0.952. The van der Waals surface area contributed by atoms with E-state index in [0.717, 1.165) is 5.56 Å². The van der Waals surface area contributed by atoms with Gasteiger partial charge in [-0.05, 0) is 16.5 Å². The maximum Gasteiger partial charge on any atom is 0.317 e. The number of aliphatic carboxylic acids is 2. The normalized spacial score (nSPS) is 11.6. The van der Waals surface area contributed by atoms with E-state index >= 15 is 0 Å². The summed E-state index contributed by atoms with van der Waals surface area (Å²) in [7, 11) is 0. The highest BCUT2D eigenvalue weighted by atomic mass is 16.4. The monoisotopic (exact) mass is 293 g/mol. The van der Waals surface area contributed by atoms with Crippen molar-refractivity contribution in [3.63, 3.8) is 0 Å². The van der Waals surface area contributed by atoms with E-state index in [1.165, 1.54) is 5.56 Å². The van der Waals surface area contributed by atoms with Crippen molar-refractivity contribution in [3.05, 3.63) is 35.4 Å². The van der Waals surface area contributed by atoms with E-state index in [1.807, 2.05) is 24.3 Å². The summed E-state index contributed by atoms with van der Waals surface area (Å²) in [5.74, 6) is -1.87. The van der Waals surface area contributed by atoms with Crippen LogP contribution in [0.1, 0.15) is 38.3 Å². The van der Waals surface area contributed by atoms with Crippen molar-refractivity contribution in [2.24, 2.45) is 0 Å². The van der Waals surface area contributed by atoms with Crippen molar-refractivity contribution in [1.82, 2.24) is 4.90 Å². The van der Waals surface area contributed by atoms with Crippen LogP contribution in [-0.4, -0.2) is 40.1 Å². The molecule has 1 aromatic carbocycles. The molecule has 0 aliphatic heterocycles. The first-order valence-corrected chi connectivity index (χ1v) is 6.94. The molecule has 5 nitrogen and oxygen atoms in total. The number of carboxylic acid groups (broad SMARTS) is 2. The fourth-order valence-corrected chi connectivity index (χ4v) is 2.03. The van der Waals surface area contributed by atoms with E-state index in [0.29, 0.717) is 6.54 Å². The Kier molecular flexibility index (Phi) is 5.90. The third-order valence-corrected chi connectivity index (χ3v) is 3.23. The molecule has 0 saturated heterocycles. The molecule has 0 unspecified atom stereocenters. The van der Waals surface area contributed by atoms with Crippen LogP contribution in [0, 0.1) is 0 Å². The zero-order chi connectivity index (χ0) is 16.0. The van der Waals surface area contributed by atoms with Gasteiger partial charge in [0.1, 0.15) is 0 Å². The molecule has 5 heteroatoms. The number of carbonyl (C=O) groups is 2. The summed E-state index contributed by atoms with van der Waals surface area (Å²) >= 11 is 0. The van der Waals surface area contributed by atoms with Gasteiger partial charge in [-0.25, -0.2) is 0 Å². The zero-order valence-electron chi connectivity index (χ0n) is 12.8. The molecule has 0 heterocycles. The molecule has 0 bridgehead atoms. The fourth-order valence-electron chi connectivity index (χ4n) is 2.03. The third kappa shape index (κ3) is 6.40. The van der Waals surface area contributed by atoms with Crippen LogP contribution >= 0.6 is 0 Å². The molecule has 0 saturated carbocycles. The number of benzene rings is 1. The Morgan fingerprint density at radius 3 is 2.05 bits per heavy atom. The van der Waals surface area contributed by atoms with Crippen LogP contribution in [0.3, 0.4) is 0 Å². The molecule has 1 aromatic rings. The smallest absolute Gasteiger partial charge is 0.317 e. The Morgan fingerprint density at radius 2 is 1.62 bits per heavy atom. The Bertz CT molecular complexity index is 488. The van der Waals surface area contributed by atoms with Crippen molar-refractivity contribution in [3.8, 4) is 0 Å². The van der Waals surface area contributed by atoms with Crippen LogP contribution in [0.4, 0.5) is 0 Å². The predicted octanol–water partition coefficient (Wildman–Crippen LogP) is 2.35. The molecule has 0 aromatic heterocycles. The minimum absolute atomic E-state index is 0.0621. The largest absolute Gasteiger partial charge is 0.481 e. The van der Waals surface area contributed by atoms with Gasteiger partial charge in [0.25, 0.3) is 0 Å². The standard InChI is InChI=1S/C16H23NO4/c1-16(2,3)13-6-4-12(5-7-13)10-17(11-15(20)21)9-8-14(18)19/h4-7H,8-11H2,1-3H3,(H,18,19)(H,20,21). The molecule has 2 N–H and O–H groups in total. The van der Waals surface area contributed by atoms with Gasteiger partial charge in [0, 0.05) is 13.1 Å². The first kappa shape index (κ1) is 17.2. The Morgan fingerprint density at radius 1 is 1.05 bits per heavy atom. The topological polar surface area (TPSA) is 77.8 Å². The summed E-state index contributed by atoms with van der Waals surface area (Å²) in [5, 5.41) is 17.6. The van der Waals surface area contributed by atoms with Gasteiger partial charge in [0.2, 0.25) is 0 Å². The number of hydrogen-bond acceptors (Lipinski definition) is 3. The number of hydrogen-bond donors (Lipinski definition) is 2. The van der Waals surface area contributed by atoms with E-state index in [4.69, 9.17) is 10.2 Å². The Balaban J connectivity index is 2.73. The molecule has 0 radical (unpaired) electrons. The molecule has 0 amide bonds. The summed E-state index contributed by atoms with van der Waals surface area (Å²) in [6.07, 6.45) is -0.0621. The van der Waals surface area contributed by atoms with E-state index < -0.39 is 11.9 Å². The highest BCUT2D eigenvalue weighted by Crippen LogP contribution is 2.22. The van der Waals surface area contributed by atoms with Crippen LogP contribution in [0.2, 0.25) is 0 Å². The van der Waals surface area contributed by atoms with Crippen LogP contribution in [0.15, 0.2) is 24.3 Å². The van der Waals surface area contributed by atoms with E-state index in [-0.39, 0.29) is 24.9 Å². The van der Waals surface area contributed by atoms with Gasteiger partial charge < -0.3 is 10.2 Å². The molecular formula is C16H23NO4. The van der Waals surface area contributed by atoms with Gasteiger partial charge in [0.15, 0.2) is 0 Å². The third-order valence-electron chi connectivity index (χ3n) is 3.23. The van der Waals surface area contributed by atoms with Crippen LogP contribution < -0.4 is 0 Å². The van der Waals surface area contributed by atoms with Gasteiger partial charge in [0.05, 0.1) is 13.0 Å². The lowest BCUT2D eigenvalue weighted by Crippen LogP contribution is -2.31. The first-order valence-electron chi connectivity index (χ1n) is 6.94. The minimum Gasteiger partial charge on any atom is -0.481 e. The maximum atomic E-state index is 10.8. The second-order valence-corrected chi connectivity index (χ2v) is 6.20. The maximum absolute atomic E-state index is 10.8. The van der Waals surface area contributed by atoms with Crippen LogP contribution in [0.5, 0.6) is 0 Å². The van der Waals surface area contributed by atoms with E-state index in [9.17, 15) is 9.59 Å². The van der Waals surface area contributed by atoms with Crippen LogP contribution in [-0.2, 0) is 21.5 Å². The van der Waals surface area contributed by atoms with E-state index in [2.05, 4.69) is 20.8 Å². The van der Waals surface area contributed by atoms with Crippen molar-refractivity contribution >= 4 is 11.9 Å². The average molecular weight is 293 g/mol. The lowest BCUT2D eigenvalue weighted by Gasteiger charge is -2.22. The summed E-state index contributed by atoms with van der Waals surface area (Å²) in [4.78, 5) is 23.1. The predicted molar refractivity (Wildman–Crippen MR) is 80.3 cm³/mol. The van der Waals surface area contributed by atoms with Gasteiger partial charge in [-0.1, -0.05) is 45.0 Å². The number of rotatable bonds is 7. The second-order valence-electron chi connectivity index (χ2n) is 6.20. The number of nitrogens with zero attached hydrogens (tertiary/aromatic N) is 1. The molecule has 0 fully saturated rings. The molecule has 21 heavy (non-hydrogen) atoms. The quantitative estimate of drug-likeness (QED) is 0.807.